The van der Waals surface area contributed by atoms with Gasteiger partial charge in [-0.15, -0.1) is 11.3 Å². The molecule has 0 aliphatic carbocycles. The summed E-state index contributed by atoms with van der Waals surface area (Å²) in [6, 6.07) is 20.5. The summed E-state index contributed by atoms with van der Waals surface area (Å²) >= 11 is 12.9. The van der Waals surface area contributed by atoms with Crippen molar-refractivity contribution < 1.29 is 4.79 Å². The lowest BCUT2D eigenvalue weighted by atomic mass is 10.1. The monoisotopic (exact) mass is 438 g/mol. The zero-order valence-corrected chi connectivity index (χ0v) is 17.4. The van der Waals surface area contributed by atoms with Crippen molar-refractivity contribution in [3.05, 3.63) is 82.7 Å². The van der Waals surface area contributed by atoms with Gasteiger partial charge in [0.05, 0.1) is 32.4 Å². The third-order valence-electron chi connectivity index (χ3n) is 4.15. The van der Waals surface area contributed by atoms with E-state index in [2.05, 4.69) is 21.2 Å². The quantitative estimate of drug-likeness (QED) is 0.301. The molecule has 0 bridgehead atoms. The second-order valence-electron chi connectivity index (χ2n) is 6.06. The minimum absolute atomic E-state index is 0.225. The second kappa shape index (κ2) is 8.57. The molecule has 29 heavy (non-hydrogen) atoms. The van der Waals surface area contributed by atoms with Gasteiger partial charge >= 0.3 is 0 Å². The van der Waals surface area contributed by atoms with E-state index in [1.807, 2.05) is 53.9 Å². The first-order chi connectivity index (χ1) is 14.1. The molecule has 0 aliphatic rings. The molecule has 0 saturated heterocycles. The molecule has 0 fully saturated rings. The van der Waals surface area contributed by atoms with Crippen LogP contribution in [-0.2, 0) is 0 Å². The van der Waals surface area contributed by atoms with E-state index in [0.29, 0.717) is 16.3 Å². The van der Waals surface area contributed by atoms with Crippen LogP contribution in [0.2, 0.25) is 5.02 Å². The van der Waals surface area contributed by atoms with Crippen LogP contribution in [0.25, 0.3) is 21.5 Å². The number of benzene rings is 2. The Morgan fingerprint density at radius 2 is 1.79 bits per heavy atom. The van der Waals surface area contributed by atoms with Crippen LogP contribution in [-0.4, -0.2) is 16.0 Å². The van der Waals surface area contributed by atoms with E-state index in [9.17, 15) is 4.79 Å². The van der Waals surface area contributed by atoms with E-state index < -0.39 is 0 Å². The summed E-state index contributed by atoms with van der Waals surface area (Å²) in [6.45, 7) is 0. The van der Waals surface area contributed by atoms with E-state index >= 15 is 0 Å². The molecular weight excluding hydrogens is 424 g/mol. The molecule has 2 heterocycles. The molecule has 1 amide bonds. The molecule has 4 aromatic rings. The lowest BCUT2D eigenvalue weighted by Gasteiger charge is -2.14. The van der Waals surface area contributed by atoms with Crippen molar-refractivity contribution in [1.82, 2.24) is 15.8 Å². The van der Waals surface area contributed by atoms with Gasteiger partial charge in [0, 0.05) is 5.39 Å². The number of thiocarbonyl (C=S) groups is 1. The Morgan fingerprint density at radius 3 is 2.59 bits per heavy atom. The number of hydrogen-bond acceptors (Lipinski definition) is 4. The number of amides is 1. The maximum Gasteiger partial charge on any atom is 0.270 e. The number of anilines is 1. The van der Waals surface area contributed by atoms with Gasteiger partial charge in [0.25, 0.3) is 5.91 Å². The number of thiophene rings is 1. The van der Waals surface area contributed by atoms with Gasteiger partial charge < -0.3 is 5.32 Å². The molecule has 2 aromatic carbocycles. The highest BCUT2D eigenvalue weighted by molar-refractivity contribution is 7.80. The third-order valence-corrected chi connectivity index (χ3v) is 5.57. The normalized spacial score (nSPS) is 10.5. The zero-order chi connectivity index (χ0) is 20.2. The van der Waals surface area contributed by atoms with Gasteiger partial charge in [0.2, 0.25) is 0 Å². The number of nitrogens with zero attached hydrogens (tertiary/aromatic N) is 1. The second-order valence-corrected chi connectivity index (χ2v) is 7.83. The highest BCUT2D eigenvalue weighted by atomic mass is 35.5. The van der Waals surface area contributed by atoms with Crippen LogP contribution in [0.5, 0.6) is 0 Å². The van der Waals surface area contributed by atoms with Crippen LogP contribution in [0.1, 0.15) is 10.4 Å². The number of rotatable bonds is 3. The van der Waals surface area contributed by atoms with Crippen molar-refractivity contribution in [3.63, 3.8) is 0 Å². The van der Waals surface area contributed by atoms with Crippen molar-refractivity contribution in [3.8, 4) is 10.6 Å². The standard InChI is InChI=1S/C21H15ClN4OS2/c22-15-7-2-4-9-17(15)24-21(28)26-25-20(27)14-12-18(19-10-5-11-29-19)23-16-8-3-1-6-13(14)16/h1-12H,(H,25,27)(H2,24,26,28). The first-order valence-corrected chi connectivity index (χ1v) is 10.3. The molecule has 4 rings (SSSR count). The lowest BCUT2D eigenvalue weighted by Crippen LogP contribution is -2.43. The van der Waals surface area contributed by atoms with Crippen molar-refractivity contribution >= 4 is 62.8 Å². The highest BCUT2D eigenvalue weighted by Gasteiger charge is 2.14. The predicted molar refractivity (Wildman–Crippen MR) is 123 cm³/mol. The largest absolute Gasteiger partial charge is 0.330 e. The van der Waals surface area contributed by atoms with Gasteiger partial charge in [-0.3, -0.25) is 15.6 Å². The van der Waals surface area contributed by atoms with Crippen LogP contribution in [0, 0.1) is 0 Å². The molecule has 0 aliphatic heterocycles. The fraction of sp³-hybridized carbons (Fsp3) is 0. The number of fused-ring (bicyclic) bond motifs is 1. The van der Waals surface area contributed by atoms with E-state index in [1.165, 1.54) is 0 Å². The van der Waals surface area contributed by atoms with Crippen molar-refractivity contribution in [2.75, 3.05) is 5.32 Å². The number of aromatic nitrogens is 1. The zero-order valence-electron chi connectivity index (χ0n) is 15.0. The Hall–Kier alpha value is -3.00. The Morgan fingerprint density at radius 1 is 1.00 bits per heavy atom. The average molecular weight is 439 g/mol. The minimum atomic E-state index is -0.315. The summed E-state index contributed by atoms with van der Waals surface area (Å²) in [5.41, 5.74) is 8.02. The lowest BCUT2D eigenvalue weighted by molar-refractivity contribution is 0.0946. The molecule has 0 spiro atoms. The number of halogens is 1. The number of hydrazine groups is 1. The smallest absolute Gasteiger partial charge is 0.270 e. The summed E-state index contributed by atoms with van der Waals surface area (Å²) in [6.07, 6.45) is 0. The van der Waals surface area contributed by atoms with E-state index in [4.69, 9.17) is 23.8 Å². The number of carbonyl (C=O) groups is 1. The first-order valence-electron chi connectivity index (χ1n) is 8.67. The topological polar surface area (TPSA) is 66.1 Å². The summed E-state index contributed by atoms with van der Waals surface area (Å²) in [5.74, 6) is -0.315. The minimum Gasteiger partial charge on any atom is -0.330 e. The van der Waals surface area contributed by atoms with Gasteiger partial charge in [-0.05, 0) is 47.9 Å². The molecule has 144 valence electrons. The maximum absolute atomic E-state index is 12.9. The van der Waals surface area contributed by atoms with Gasteiger partial charge in [-0.25, -0.2) is 4.98 Å². The molecule has 0 saturated carbocycles. The third kappa shape index (κ3) is 4.37. The number of pyridine rings is 1. The number of para-hydroxylation sites is 2. The first kappa shape index (κ1) is 19.3. The molecule has 0 atom stereocenters. The van der Waals surface area contributed by atoms with Gasteiger partial charge in [-0.1, -0.05) is 48.0 Å². The van der Waals surface area contributed by atoms with Crippen LogP contribution >= 0.6 is 35.2 Å². The van der Waals surface area contributed by atoms with Crippen LogP contribution in [0.4, 0.5) is 5.69 Å². The summed E-state index contributed by atoms with van der Waals surface area (Å²) in [7, 11) is 0. The van der Waals surface area contributed by atoms with Gasteiger partial charge in [-0.2, -0.15) is 0 Å². The number of nitrogens with one attached hydrogen (secondary N) is 3. The molecule has 8 heteroatoms. The van der Waals surface area contributed by atoms with Gasteiger partial charge in [0.15, 0.2) is 5.11 Å². The van der Waals surface area contributed by atoms with E-state index in [-0.39, 0.29) is 11.0 Å². The Balaban J connectivity index is 1.55. The summed E-state index contributed by atoms with van der Waals surface area (Å²) in [4.78, 5) is 18.6. The Bertz CT molecular complexity index is 1190. The fourth-order valence-electron chi connectivity index (χ4n) is 2.81. The van der Waals surface area contributed by atoms with Crippen LogP contribution < -0.4 is 16.2 Å². The molecule has 0 radical (unpaired) electrons. The predicted octanol–water partition coefficient (Wildman–Crippen LogP) is 5.25. The molecule has 0 unspecified atom stereocenters. The van der Waals surface area contributed by atoms with Crippen LogP contribution in [0.3, 0.4) is 0 Å². The average Bonchev–Trinajstić information content (AvgIpc) is 3.28. The van der Waals surface area contributed by atoms with Gasteiger partial charge in [0.1, 0.15) is 0 Å². The van der Waals surface area contributed by atoms with E-state index in [1.54, 1.807) is 29.5 Å². The summed E-state index contributed by atoms with van der Waals surface area (Å²) < 4.78 is 0. The van der Waals surface area contributed by atoms with Crippen molar-refractivity contribution in [2.24, 2.45) is 0 Å². The SMILES string of the molecule is O=C(NNC(=S)Nc1ccccc1Cl)c1cc(-c2cccs2)nc2ccccc12. The Labute approximate surface area is 181 Å². The van der Waals surface area contributed by atoms with Crippen molar-refractivity contribution in [1.29, 1.82) is 0 Å². The van der Waals surface area contributed by atoms with Crippen molar-refractivity contribution in [2.45, 2.75) is 0 Å². The van der Waals surface area contributed by atoms with E-state index in [0.717, 1.165) is 21.5 Å². The fourth-order valence-corrected chi connectivity index (χ4v) is 3.84. The molecule has 2 aromatic heterocycles. The number of hydrogen-bond donors (Lipinski definition) is 3. The molecule has 5 nitrogen and oxygen atoms in total. The molecule has 3 N–H and O–H groups in total. The summed E-state index contributed by atoms with van der Waals surface area (Å²) in [5, 5.41) is 6.45. The Kier molecular flexibility index (Phi) is 5.71. The number of carbonyl (C=O) groups excluding carboxylic acids is 1. The maximum atomic E-state index is 12.9. The van der Waals surface area contributed by atoms with Crippen LogP contribution in [0.15, 0.2) is 72.1 Å². The molecular formula is C21H15ClN4OS2. The highest BCUT2D eigenvalue weighted by Crippen LogP contribution is 2.27.